The molecular weight excluding hydrogens is 206 g/mol. The van der Waals surface area contributed by atoms with Gasteiger partial charge in [0.1, 0.15) is 5.60 Å². The number of aromatic nitrogens is 2. The zero-order valence-electron chi connectivity index (χ0n) is 10.3. The molecule has 0 aromatic carbocycles. The lowest BCUT2D eigenvalue weighted by atomic mass is 10.0. The van der Waals surface area contributed by atoms with E-state index in [1.165, 1.54) is 0 Å². The standard InChI is InChI=1S/C11H19N3O2/c1-10(2,12-4)9-13-8(14-16-9)11(3)6-5-7-15-11/h12H,5-7H2,1-4H3. The van der Waals surface area contributed by atoms with Gasteiger partial charge in [0.15, 0.2) is 0 Å². The van der Waals surface area contributed by atoms with Gasteiger partial charge in [0.05, 0.1) is 5.54 Å². The fraction of sp³-hybridized carbons (Fsp3) is 0.818. The third kappa shape index (κ3) is 1.85. The van der Waals surface area contributed by atoms with Crippen LogP contribution in [0.4, 0.5) is 0 Å². The van der Waals surface area contributed by atoms with E-state index in [-0.39, 0.29) is 11.1 Å². The topological polar surface area (TPSA) is 60.2 Å². The zero-order chi connectivity index (χ0) is 11.8. The Morgan fingerprint density at radius 1 is 1.44 bits per heavy atom. The Labute approximate surface area is 95.6 Å². The van der Waals surface area contributed by atoms with E-state index in [4.69, 9.17) is 9.26 Å². The Morgan fingerprint density at radius 2 is 2.19 bits per heavy atom. The molecule has 1 aromatic heterocycles. The number of hydrogen-bond acceptors (Lipinski definition) is 5. The van der Waals surface area contributed by atoms with Crippen LogP contribution in [0.5, 0.6) is 0 Å². The molecule has 1 unspecified atom stereocenters. The summed E-state index contributed by atoms with van der Waals surface area (Å²) in [6, 6.07) is 0. The molecule has 1 aromatic rings. The summed E-state index contributed by atoms with van der Waals surface area (Å²) in [6.45, 7) is 6.79. The molecule has 2 heterocycles. The molecule has 0 spiro atoms. The van der Waals surface area contributed by atoms with Crippen LogP contribution in [0.1, 0.15) is 45.3 Å². The molecular formula is C11H19N3O2. The smallest absolute Gasteiger partial charge is 0.246 e. The van der Waals surface area contributed by atoms with Gasteiger partial charge in [0.25, 0.3) is 0 Å². The van der Waals surface area contributed by atoms with E-state index in [0.717, 1.165) is 19.4 Å². The summed E-state index contributed by atoms with van der Waals surface area (Å²) in [4.78, 5) is 4.44. The summed E-state index contributed by atoms with van der Waals surface area (Å²) in [5.74, 6) is 1.25. The van der Waals surface area contributed by atoms with Crippen LogP contribution in [-0.4, -0.2) is 23.8 Å². The van der Waals surface area contributed by atoms with Gasteiger partial charge >= 0.3 is 0 Å². The van der Waals surface area contributed by atoms with Crippen LogP contribution >= 0.6 is 0 Å². The molecule has 0 bridgehead atoms. The number of ether oxygens (including phenoxy) is 1. The highest BCUT2D eigenvalue weighted by atomic mass is 16.5. The lowest BCUT2D eigenvalue weighted by molar-refractivity contribution is 0.00768. The van der Waals surface area contributed by atoms with Crippen LogP contribution < -0.4 is 5.32 Å². The van der Waals surface area contributed by atoms with Gasteiger partial charge in [0, 0.05) is 6.61 Å². The van der Waals surface area contributed by atoms with E-state index in [1.807, 2.05) is 27.8 Å². The molecule has 0 saturated carbocycles. The summed E-state index contributed by atoms with van der Waals surface area (Å²) in [5, 5.41) is 7.17. The van der Waals surface area contributed by atoms with Crippen molar-refractivity contribution in [1.82, 2.24) is 15.5 Å². The molecule has 1 fully saturated rings. The molecule has 16 heavy (non-hydrogen) atoms. The number of rotatable bonds is 3. The molecule has 1 N–H and O–H groups in total. The van der Waals surface area contributed by atoms with Crippen molar-refractivity contribution in [2.24, 2.45) is 0 Å². The normalized spacial score (nSPS) is 26.2. The van der Waals surface area contributed by atoms with Crippen LogP contribution in [0, 0.1) is 0 Å². The average molecular weight is 225 g/mol. The number of nitrogens with zero attached hydrogens (tertiary/aromatic N) is 2. The predicted octanol–water partition coefficient (Wildman–Crippen LogP) is 1.55. The highest BCUT2D eigenvalue weighted by Crippen LogP contribution is 2.34. The van der Waals surface area contributed by atoms with Crippen LogP contribution in [0.2, 0.25) is 0 Å². The third-order valence-corrected chi connectivity index (χ3v) is 3.28. The SMILES string of the molecule is CNC(C)(C)c1nc(C2(C)CCCO2)no1. The molecule has 0 amide bonds. The lowest BCUT2D eigenvalue weighted by Crippen LogP contribution is -2.33. The molecule has 1 aliphatic rings. The van der Waals surface area contributed by atoms with Gasteiger partial charge < -0.3 is 14.6 Å². The van der Waals surface area contributed by atoms with E-state index < -0.39 is 0 Å². The minimum absolute atomic E-state index is 0.305. The van der Waals surface area contributed by atoms with Crippen molar-refractivity contribution in [3.05, 3.63) is 11.7 Å². The van der Waals surface area contributed by atoms with Crippen molar-refractivity contribution in [2.45, 2.75) is 44.8 Å². The zero-order valence-corrected chi connectivity index (χ0v) is 10.3. The minimum Gasteiger partial charge on any atom is -0.367 e. The van der Waals surface area contributed by atoms with Crippen molar-refractivity contribution in [1.29, 1.82) is 0 Å². The van der Waals surface area contributed by atoms with Gasteiger partial charge in [-0.05, 0) is 40.7 Å². The molecule has 5 heteroatoms. The van der Waals surface area contributed by atoms with Crippen molar-refractivity contribution in [3.8, 4) is 0 Å². The average Bonchev–Trinajstić information content (AvgIpc) is 2.86. The van der Waals surface area contributed by atoms with Crippen LogP contribution in [0.15, 0.2) is 4.52 Å². The molecule has 90 valence electrons. The number of hydrogen-bond donors (Lipinski definition) is 1. The van der Waals surface area contributed by atoms with Crippen LogP contribution in [0.25, 0.3) is 0 Å². The van der Waals surface area contributed by atoms with E-state index in [1.54, 1.807) is 0 Å². The van der Waals surface area contributed by atoms with Gasteiger partial charge in [0.2, 0.25) is 11.7 Å². The van der Waals surface area contributed by atoms with Gasteiger partial charge in [-0.15, -0.1) is 0 Å². The number of nitrogens with one attached hydrogen (secondary N) is 1. The first kappa shape index (κ1) is 11.5. The maximum Gasteiger partial charge on any atom is 0.246 e. The molecule has 5 nitrogen and oxygen atoms in total. The summed E-state index contributed by atoms with van der Waals surface area (Å²) in [5.41, 5.74) is -0.675. The largest absolute Gasteiger partial charge is 0.367 e. The highest BCUT2D eigenvalue weighted by molar-refractivity contribution is 5.05. The quantitative estimate of drug-likeness (QED) is 0.845. The Bertz CT molecular complexity index is 367. The Morgan fingerprint density at radius 3 is 2.75 bits per heavy atom. The van der Waals surface area contributed by atoms with Crippen molar-refractivity contribution >= 4 is 0 Å². The van der Waals surface area contributed by atoms with Gasteiger partial charge in [-0.2, -0.15) is 4.98 Å². The first-order valence-corrected chi connectivity index (χ1v) is 5.65. The summed E-state index contributed by atoms with van der Waals surface area (Å²) in [7, 11) is 1.87. The monoisotopic (exact) mass is 225 g/mol. The minimum atomic E-state index is -0.369. The second-order valence-electron chi connectivity index (χ2n) is 4.98. The summed E-state index contributed by atoms with van der Waals surface area (Å²) in [6.07, 6.45) is 2.00. The molecule has 1 atom stereocenters. The molecule has 1 saturated heterocycles. The summed E-state index contributed by atoms with van der Waals surface area (Å²) < 4.78 is 11.0. The van der Waals surface area contributed by atoms with E-state index >= 15 is 0 Å². The molecule has 0 radical (unpaired) electrons. The molecule has 0 aliphatic carbocycles. The second kappa shape index (κ2) is 3.82. The van der Waals surface area contributed by atoms with Crippen LogP contribution in [-0.2, 0) is 15.9 Å². The fourth-order valence-corrected chi connectivity index (χ4v) is 1.75. The summed E-state index contributed by atoms with van der Waals surface area (Å²) >= 11 is 0. The Balaban J connectivity index is 2.26. The third-order valence-electron chi connectivity index (χ3n) is 3.28. The molecule has 1 aliphatic heterocycles. The predicted molar refractivity (Wildman–Crippen MR) is 58.9 cm³/mol. The maximum absolute atomic E-state index is 5.68. The van der Waals surface area contributed by atoms with E-state index in [9.17, 15) is 0 Å². The van der Waals surface area contributed by atoms with E-state index in [2.05, 4.69) is 15.5 Å². The van der Waals surface area contributed by atoms with Crippen LogP contribution in [0.3, 0.4) is 0 Å². The fourth-order valence-electron chi connectivity index (χ4n) is 1.75. The van der Waals surface area contributed by atoms with Gasteiger partial charge in [-0.3, -0.25) is 0 Å². The first-order valence-electron chi connectivity index (χ1n) is 5.65. The van der Waals surface area contributed by atoms with Crippen molar-refractivity contribution < 1.29 is 9.26 Å². The lowest BCUT2D eigenvalue weighted by Gasteiger charge is -2.19. The van der Waals surface area contributed by atoms with Crippen molar-refractivity contribution in [3.63, 3.8) is 0 Å². The van der Waals surface area contributed by atoms with Gasteiger partial charge in [-0.1, -0.05) is 5.16 Å². The maximum atomic E-state index is 5.68. The molecule has 2 rings (SSSR count). The van der Waals surface area contributed by atoms with Crippen molar-refractivity contribution in [2.75, 3.05) is 13.7 Å². The first-order chi connectivity index (χ1) is 7.48. The Kier molecular flexibility index (Phi) is 2.75. The highest BCUT2D eigenvalue weighted by Gasteiger charge is 2.38. The van der Waals surface area contributed by atoms with E-state index in [0.29, 0.717) is 11.7 Å². The second-order valence-corrected chi connectivity index (χ2v) is 4.98. The van der Waals surface area contributed by atoms with Gasteiger partial charge in [-0.25, -0.2) is 0 Å². The Hall–Kier alpha value is -0.940.